The third kappa shape index (κ3) is 3.46. The van der Waals surface area contributed by atoms with Crippen LogP contribution in [0.5, 0.6) is 0 Å². The molecule has 164 valence electrons. The van der Waals surface area contributed by atoms with Gasteiger partial charge in [-0.3, -0.25) is 14.6 Å². The Morgan fingerprint density at radius 1 is 1.03 bits per heavy atom. The fourth-order valence-corrected chi connectivity index (χ4v) is 4.99. The van der Waals surface area contributed by atoms with E-state index < -0.39 is 0 Å². The minimum absolute atomic E-state index is 0.0550. The summed E-state index contributed by atoms with van der Waals surface area (Å²) < 4.78 is 5.41. The molecule has 2 amide bonds. The van der Waals surface area contributed by atoms with Crippen LogP contribution in [-0.4, -0.2) is 45.8 Å². The normalized spacial score (nSPS) is 21.1. The number of benzene rings is 2. The number of hydrogen-bond acceptors (Lipinski definition) is 5. The highest BCUT2D eigenvalue weighted by Gasteiger charge is 2.54. The minimum Gasteiger partial charge on any atom is -0.464 e. The van der Waals surface area contributed by atoms with Crippen LogP contribution in [-0.2, 0) is 0 Å². The van der Waals surface area contributed by atoms with Crippen LogP contribution in [0, 0.1) is 11.8 Å². The fraction of sp³-hybridized carbons (Fsp3) is 0.231. The topological polar surface area (TPSA) is 88.3 Å². The van der Waals surface area contributed by atoms with Gasteiger partial charge in [-0.15, -0.1) is 0 Å². The van der Waals surface area contributed by atoms with Crippen LogP contribution in [0.1, 0.15) is 27.3 Å². The molecule has 1 aliphatic carbocycles. The number of aromatic nitrogens is 2. The maximum absolute atomic E-state index is 13.6. The van der Waals surface area contributed by atoms with Crippen molar-refractivity contribution in [1.29, 1.82) is 0 Å². The summed E-state index contributed by atoms with van der Waals surface area (Å²) in [6.07, 6.45) is 5.83. The molecule has 6 rings (SSSR count). The van der Waals surface area contributed by atoms with Crippen LogP contribution >= 0.6 is 0 Å². The van der Waals surface area contributed by atoms with Gasteiger partial charge < -0.3 is 14.6 Å². The van der Waals surface area contributed by atoms with Gasteiger partial charge >= 0.3 is 0 Å². The van der Waals surface area contributed by atoms with Gasteiger partial charge in [0.2, 0.25) is 0 Å². The Balaban J connectivity index is 1.23. The molecule has 2 fully saturated rings. The Morgan fingerprint density at radius 3 is 2.76 bits per heavy atom. The molecular formula is C26H22N4O3. The molecule has 7 nitrogen and oxygen atoms in total. The zero-order chi connectivity index (χ0) is 22.4. The van der Waals surface area contributed by atoms with Gasteiger partial charge in [0, 0.05) is 36.4 Å². The first kappa shape index (κ1) is 19.7. The van der Waals surface area contributed by atoms with Crippen molar-refractivity contribution < 1.29 is 14.0 Å². The highest BCUT2D eigenvalue weighted by Crippen LogP contribution is 2.49. The van der Waals surface area contributed by atoms with Gasteiger partial charge in [-0.2, -0.15) is 0 Å². The van der Waals surface area contributed by atoms with Crippen molar-refractivity contribution in [3.05, 3.63) is 84.5 Å². The van der Waals surface area contributed by atoms with Crippen molar-refractivity contribution in [1.82, 2.24) is 20.2 Å². The highest BCUT2D eigenvalue weighted by molar-refractivity contribution is 6.06. The number of rotatable bonds is 5. The zero-order valence-corrected chi connectivity index (χ0v) is 17.8. The maximum Gasteiger partial charge on any atom is 0.275 e. The molecule has 2 aromatic heterocycles. The molecule has 1 N–H and O–H groups in total. The summed E-state index contributed by atoms with van der Waals surface area (Å²) >= 11 is 0. The Morgan fingerprint density at radius 2 is 1.88 bits per heavy atom. The summed E-state index contributed by atoms with van der Waals surface area (Å²) in [6, 6.07) is 16.8. The largest absolute Gasteiger partial charge is 0.464 e. The third-order valence-electron chi connectivity index (χ3n) is 6.72. The molecule has 33 heavy (non-hydrogen) atoms. The monoisotopic (exact) mass is 438 g/mol. The van der Waals surface area contributed by atoms with E-state index in [9.17, 15) is 9.59 Å². The SMILES string of the molecule is O=C(NC[C@@H]1[C@@H]2C[C@@H]2CN1C(=O)c1nccnc1-c1ccccc1)c1cccc2occc12. The van der Waals surface area contributed by atoms with E-state index in [1.54, 1.807) is 30.8 Å². The van der Waals surface area contributed by atoms with Crippen LogP contribution < -0.4 is 5.32 Å². The summed E-state index contributed by atoms with van der Waals surface area (Å²) in [7, 11) is 0. The predicted octanol–water partition coefficient (Wildman–Crippen LogP) is 3.78. The number of piperidine rings is 1. The van der Waals surface area contributed by atoms with Crippen molar-refractivity contribution in [3.63, 3.8) is 0 Å². The molecule has 3 heterocycles. The fourth-order valence-electron chi connectivity index (χ4n) is 4.99. The van der Waals surface area contributed by atoms with Crippen LogP contribution in [0.25, 0.3) is 22.2 Å². The Hall–Kier alpha value is -4.00. The summed E-state index contributed by atoms with van der Waals surface area (Å²) in [6.45, 7) is 1.09. The predicted molar refractivity (Wildman–Crippen MR) is 122 cm³/mol. The van der Waals surface area contributed by atoms with Crippen LogP contribution in [0.15, 0.2) is 77.7 Å². The molecule has 3 atom stereocenters. The van der Waals surface area contributed by atoms with Crippen molar-refractivity contribution in [3.8, 4) is 11.3 Å². The second-order valence-corrected chi connectivity index (χ2v) is 8.65. The number of hydrogen-bond donors (Lipinski definition) is 1. The van der Waals surface area contributed by atoms with E-state index in [0.717, 1.165) is 17.4 Å². The van der Waals surface area contributed by atoms with Crippen LogP contribution in [0.2, 0.25) is 0 Å². The molecule has 1 aliphatic heterocycles. The van der Waals surface area contributed by atoms with E-state index in [0.29, 0.717) is 47.5 Å². The average Bonchev–Trinajstić information content (AvgIpc) is 3.29. The number of fused-ring (bicyclic) bond motifs is 2. The molecule has 0 bridgehead atoms. The quantitative estimate of drug-likeness (QED) is 0.512. The molecule has 7 heteroatoms. The second kappa shape index (κ2) is 7.85. The average molecular weight is 438 g/mol. The standard InChI is InChI=1S/C26H22N4O3/c31-25(19-7-4-8-22-18(19)9-12-33-22)29-14-21-20-13-17(20)15-30(21)26(32)24-23(27-10-11-28-24)16-5-2-1-3-6-16/h1-12,17,20-21H,13-15H2,(H,29,31)/t17-,20-,21-/m1/s1. The van der Waals surface area contributed by atoms with E-state index in [-0.39, 0.29) is 17.9 Å². The zero-order valence-electron chi connectivity index (χ0n) is 17.8. The molecule has 0 unspecified atom stereocenters. The smallest absolute Gasteiger partial charge is 0.275 e. The Labute approximate surface area is 190 Å². The van der Waals surface area contributed by atoms with Crippen molar-refractivity contribution >= 4 is 22.8 Å². The molecule has 1 saturated carbocycles. The lowest BCUT2D eigenvalue weighted by Gasteiger charge is -2.28. The number of carbonyl (C=O) groups is 2. The molecular weight excluding hydrogens is 416 g/mol. The van der Waals surface area contributed by atoms with Gasteiger partial charge in [0.1, 0.15) is 11.3 Å². The van der Waals surface area contributed by atoms with Crippen LogP contribution in [0.4, 0.5) is 0 Å². The second-order valence-electron chi connectivity index (χ2n) is 8.65. The molecule has 1 saturated heterocycles. The minimum atomic E-state index is -0.164. The number of likely N-dealkylation sites (tertiary alicyclic amines) is 1. The van der Waals surface area contributed by atoms with Crippen LogP contribution in [0.3, 0.4) is 0 Å². The van der Waals surface area contributed by atoms with Crippen molar-refractivity contribution in [2.24, 2.45) is 11.8 Å². The van der Waals surface area contributed by atoms with E-state index >= 15 is 0 Å². The van der Waals surface area contributed by atoms with Crippen molar-refractivity contribution in [2.75, 3.05) is 13.1 Å². The first-order valence-electron chi connectivity index (χ1n) is 11.1. The van der Waals surface area contributed by atoms with E-state index in [1.807, 2.05) is 47.4 Å². The van der Waals surface area contributed by atoms with Gasteiger partial charge in [-0.1, -0.05) is 36.4 Å². The lowest BCUT2D eigenvalue weighted by Crippen LogP contribution is -2.46. The summed E-state index contributed by atoms with van der Waals surface area (Å²) in [5.41, 5.74) is 3.04. The summed E-state index contributed by atoms with van der Waals surface area (Å²) in [5.74, 6) is 0.606. The first-order chi connectivity index (χ1) is 16.2. The Kier molecular flexibility index (Phi) is 4.68. The van der Waals surface area contributed by atoms with Gasteiger partial charge in [0.25, 0.3) is 11.8 Å². The molecule has 2 aromatic carbocycles. The van der Waals surface area contributed by atoms with Gasteiger partial charge in [-0.05, 0) is 36.5 Å². The number of nitrogens with zero attached hydrogens (tertiary/aromatic N) is 3. The first-order valence-corrected chi connectivity index (χ1v) is 11.1. The van der Waals surface area contributed by atoms with Crippen molar-refractivity contribution in [2.45, 2.75) is 12.5 Å². The van der Waals surface area contributed by atoms with Gasteiger partial charge in [0.15, 0.2) is 5.69 Å². The van der Waals surface area contributed by atoms with E-state index in [4.69, 9.17) is 4.42 Å². The van der Waals surface area contributed by atoms with E-state index in [2.05, 4.69) is 15.3 Å². The summed E-state index contributed by atoms with van der Waals surface area (Å²) in [4.78, 5) is 37.2. The summed E-state index contributed by atoms with van der Waals surface area (Å²) in [5, 5.41) is 3.84. The number of nitrogens with one attached hydrogen (secondary N) is 1. The number of amides is 2. The van der Waals surface area contributed by atoms with Gasteiger partial charge in [0.05, 0.1) is 17.9 Å². The third-order valence-corrected chi connectivity index (χ3v) is 6.72. The lowest BCUT2D eigenvalue weighted by atomic mass is 10.1. The molecule has 0 radical (unpaired) electrons. The van der Waals surface area contributed by atoms with E-state index in [1.165, 1.54) is 0 Å². The number of furan rings is 1. The highest BCUT2D eigenvalue weighted by atomic mass is 16.3. The maximum atomic E-state index is 13.6. The molecule has 2 aliphatic rings. The molecule has 0 spiro atoms. The lowest BCUT2D eigenvalue weighted by molar-refractivity contribution is 0.0689. The number of carbonyl (C=O) groups excluding carboxylic acids is 2. The van der Waals surface area contributed by atoms with Gasteiger partial charge in [-0.25, -0.2) is 4.98 Å². The molecule has 4 aromatic rings. The Bertz CT molecular complexity index is 1350.